The highest BCUT2D eigenvalue weighted by Gasteiger charge is 2.41. The van der Waals surface area contributed by atoms with Crippen LogP contribution in [0, 0.1) is 0 Å². The number of hydrogen-bond donors (Lipinski definition) is 1. The second-order valence-electron chi connectivity index (χ2n) is 4.80. The maximum atomic E-state index is 12.4. The summed E-state index contributed by atoms with van der Waals surface area (Å²) in [6.07, 6.45) is 1.49. The third-order valence-electron chi connectivity index (χ3n) is 3.34. The van der Waals surface area contributed by atoms with E-state index < -0.39 is 23.2 Å². The lowest BCUT2D eigenvalue weighted by atomic mass is 10.1. The fraction of sp³-hybridized carbons (Fsp3) is 0.267. The van der Waals surface area contributed by atoms with Crippen LogP contribution in [-0.4, -0.2) is 47.4 Å². The molecule has 1 atom stereocenters. The molecule has 2 amide bonds. The van der Waals surface area contributed by atoms with Gasteiger partial charge in [0, 0.05) is 4.47 Å². The summed E-state index contributed by atoms with van der Waals surface area (Å²) in [7, 11) is 2.59. The number of hydrogen-bond acceptors (Lipinski definition) is 7. The minimum atomic E-state index is -1.01. The second kappa shape index (κ2) is 7.27. The van der Waals surface area contributed by atoms with Gasteiger partial charge in [0.25, 0.3) is 11.1 Å². The normalized spacial score (nSPS) is 17.3. The molecule has 0 aliphatic carbocycles. The van der Waals surface area contributed by atoms with E-state index in [9.17, 15) is 19.5 Å². The van der Waals surface area contributed by atoms with Crippen LogP contribution in [0.4, 0.5) is 4.79 Å². The summed E-state index contributed by atoms with van der Waals surface area (Å²) < 4.78 is 10.1. The standard InChI is InChI=1S/C15H14BrNO6S/c1-7(14(20)23-3)17-13(19)12(24-15(17)21)5-8-4-11(22-2)10(18)6-9(8)16/h4-7,18H,1-3H3/b12-5+. The van der Waals surface area contributed by atoms with Crippen LogP contribution >= 0.6 is 27.7 Å². The van der Waals surface area contributed by atoms with Crippen molar-refractivity contribution in [1.29, 1.82) is 0 Å². The third kappa shape index (κ3) is 3.41. The number of amides is 2. The lowest BCUT2D eigenvalue weighted by molar-refractivity contribution is -0.148. The van der Waals surface area contributed by atoms with Crippen molar-refractivity contribution < 1.29 is 29.0 Å². The van der Waals surface area contributed by atoms with Crippen molar-refractivity contribution in [1.82, 2.24) is 4.90 Å². The molecule has 0 bridgehead atoms. The second-order valence-corrected chi connectivity index (χ2v) is 6.64. The average molecular weight is 416 g/mol. The van der Waals surface area contributed by atoms with E-state index in [0.717, 1.165) is 16.7 Å². The minimum Gasteiger partial charge on any atom is -0.504 e. The van der Waals surface area contributed by atoms with Crippen LogP contribution < -0.4 is 4.74 Å². The lowest BCUT2D eigenvalue weighted by Crippen LogP contribution is -2.42. The fourth-order valence-corrected chi connectivity index (χ4v) is 3.41. The Morgan fingerprint density at radius 1 is 1.38 bits per heavy atom. The third-order valence-corrected chi connectivity index (χ3v) is 4.91. The topological polar surface area (TPSA) is 93.1 Å². The molecule has 1 N–H and O–H groups in total. The van der Waals surface area contributed by atoms with E-state index in [1.807, 2.05) is 0 Å². The summed E-state index contributed by atoms with van der Waals surface area (Å²) in [5.41, 5.74) is 0.542. The molecule has 1 aromatic rings. The number of carbonyl (C=O) groups is 3. The summed E-state index contributed by atoms with van der Waals surface area (Å²) in [6, 6.07) is 1.94. The first kappa shape index (κ1) is 18.3. The van der Waals surface area contributed by atoms with Gasteiger partial charge in [0.05, 0.1) is 19.1 Å². The zero-order valence-electron chi connectivity index (χ0n) is 13.0. The first-order valence-electron chi connectivity index (χ1n) is 6.71. The van der Waals surface area contributed by atoms with Crippen LogP contribution in [0.25, 0.3) is 6.08 Å². The minimum absolute atomic E-state index is 0.0612. The molecule has 9 heteroatoms. The van der Waals surface area contributed by atoms with Gasteiger partial charge >= 0.3 is 5.97 Å². The maximum Gasteiger partial charge on any atom is 0.328 e. The van der Waals surface area contributed by atoms with Crippen molar-refractivity contribution >= 4 is 50.9 Å². The van der Waals surface area contributed by atoms with Gasteiger partial charge in [-0.25, -0.2) is 4.79 Å². The Bertz CT molecular complexity index is 748. The number of ether oxygens (including phenoxy) is 2. The van der Waals surface area contributed by atoms with Gasteiger partial charge in [-0.05, 0) is 42.5 Å². The summed E-state index contributed by atoms with van der Waals surface area (Å²) in [5, 5.41) is 9.16. The van der Waals surface area contributed by atoms with Crippen molar-refractivity contribution in [2.75, 3.05) is 14.2 Å². The van der Waals surface area contributed by atoms with Crippen LogP contribution in [0.15, 0.2) is 21.5 Å². The highest BCUT2D eigenvalue weighted by molar-refractivity contribution is 9.10. The molecule has 1 aliphatic rings. The van der Waals surface area contributed by atoms with Gasteiger partial charge in [0.1, 0.15) is 6.04 Å². The number of phenolic OH excluding ortho intramolecular Hbond substituents is 1. The number of nitrogens with zero attached hydrogens (tertiary/aromatic N) is 1. The van der Waals surface area contributed by atoms with Crippen molar-refractivity contribution in [3.8, 4) is 11.5 Å². The van der Waals surface area contributed by atoms with Gasteiger partial charge in [0.15, 0.2) is 11.5 Å². The number of rotatable bonds is 4. The van der Waals surface area contributed by atoms with Gasteiger partial charge in [-0.1, -0.05) is 15.9 Å². The van der Waals surface area contributed by atoms with E-state index in [0.29, 0.717) is 10.0 Å². The van der Waals surface area contributed by atoms with Crippen molar-refractivity contribution in [2.45, 2.75) is 13.0 Å². The molecular weight excluding hydrogens is 402 g/mol. The predicted molar refractivity (Wildman–Crippen MR) is 91.6 cm³/mol. The summed E-state index contributed by atoms with van der Waals surface area (Å²) in [4.78, 5) is 37.1. The quantitative estimate of drug-likeness (QED) is 0.596. The molecule has 1 aromatic carbocycles. The van der Waals surface area contributed by atoms with Gasteiger partial charge in [-0.2, -0.15) is 0 Å². The van der Waals surface area contributed by atoms with Gasteiger partial charge in [-0.3, -0.25) is 14.5 Å². The van der Waals surface area contributed by atoms with Gasteiger partial charge in [0.2, 0.25) is 0 Å². The van der Waals surface area contributed by atoms with E-state index in [1.54, 1.807) is 0 Å². The Morgan fingerprint density at radius 2 is 2.04 bits per heavy atom. The molecule has 128 valence electrons. The van der Waals surface area contributed by atoms with Gasteiger partial charge < -0.3 is 14.6 Å². The van der Waals surface area contributed by atoms with Crippen LogP contribution in [0.1, 0.15) is 12.5 Å². The Kier molecular flexibility index (Phi) is 5.55. The first-order chi connectivity index (χ1) is 11.3. The van der Waals surface area contributed by atoms with E-state index in [4.69, 9.17) is 4.74 Å². The zero-order chi connectivity index (χ0) is 18.0. The zero-order valence-corrected chi connectivity index (χ0v) is 15.4. The fourth-order valence-electron chi connectivity index (χ4n) is 2.06. The summed E-state index contributed by atoms with van der Waals surface area (Å²) in [6.45, 7) is 1.42. The number of methoxy groups -OCH3 is 2. The lowest BCUT2D eigenvalue weighted by Gasteiger charge is -2.18. The maximum absolute atomic E-state index is 12.4. The predicted octanol–water partition coefficient (Wildman–Crippen LogP) is 2.76. The number of carbonyl (C=O) groups excluding carboxylic acids is 3. The molecule has 1 heterocycles. The molecular formula is C15H14BrNO6S. The molecule has 1 unspecified atom stereocenters. The largest absolute Gasteiger partial charge is 0.504 e. The smallest absolute Gasteiger partial charge is 0.328 e. The van der Waals surface area contributed by atoms with E-state index in [1.165, 1.54) is 39.4 Å². The summed E-state index contributed by atoms with van der Waals surface area (Å²) in [5.74, 6) is -1.09. The van der Waals surface area contributed by atoms with Gasteiger partial charge in [-0.15, -0.1) is 0 Å². The van der Waals surface area contributed by atoms with E-state index >= 15 is 0 Å². The van der Waals surface area contributed by atoms with Crippen molar-refractivity contribution in [2.24, 2.45) is 0 Å². The van der Waals surface area contributed by atoms with Crippen molar-refractivity contribution in [3.63, 3.8) is 0 Å². The Hall–Kier alpha value is -2.00. The molecule has 0 radical (unpaired) electrons. The van der Waals surface area contributed by atoms with E-state index in [2.05, 4.69) is 20.7 Å². The highest BCUT2D eigenvalue weighted by Crippen LogP contribution is 2.38. The number of halogens is 1. The molecule has 1 saturated heterocycles. The molecule has 0 aromatic heterocycles. The number of aromatic hydroxyl groups is 1. The molecule has 24 heavy (non-hydrogen) atoms. The number of esters is 1. The Labute approximate surface area is 150 Å². The highest BCUT2D eigenvalue weighted by atomic mass is 79.9. The Balaban J connectivity index is 2.37. The molecule has 0 spiro atoms. The van der Waals surface area contributed by atoms with Crippen LogP contribution in [0.3, 0.4) is 0 Å². The molecule has 7 nitrogen and oxygen atoms in total. The number of phenols is 1. The number of thioether (sulfide) groups is 1. The molecule has 1 fully saturated rings. The molecule has 2 rings (SSSR count). The summed E-state index contributed by atoms with van der Waals surface area (Å²) >= 11 is 4.00. The SMILES string of the molecule is COC(=O)C(C)N1C(=O)S/C(=C/c2cc(OC)c(O)cc2Br)C1=O. The number of imide groups is 1. The van der Waals surface area contributed by atoms with Crippen molar-refractivity contribution in [3.05, 3.63) is 27.1 Å². The Morgan fingerprint density at radius 3 is 2.62 bits per heavy atom. The first-order valence-corrected chi connectivity index (χ1v) is 8.32. The van der Waals surface area contributed by atoms with Crippen LogP contribution in [0.5, 0.6) is 11.5 Å². The monoisotopic (exact) mass is 415 g/mol. The number of benzene rings is 1. The van der Waals surface area contributed by atoms with Crippen LogP contribution in [-0.2, 0) is 14.3 Å². The molecule has 1 aliphatic heterocycles. The average Bonchev–Trinajstić information content (AvgIpc) is 2.82. The van der Waals surface area contributed by atoms with E-state index in [-0.39, 0.29) is 16.4 Å². The van der Waals surface area contributed by atoms with Crippen LogP contribution in [0.2, 0.25) is 0 Å². The molecule has 0 saturated carbocycles.